The Morgan fingerprint density at radius 2 is 2.21 bits per heavy atom. The maximum atomic E-state index is 11.5. The molecule has 0 saturated heterocycles. The Hall–Kier alpha value is -1.04. The highest BCUT2D eigenvalue weighted by Crippen LogP contribution is 2.15. The Balaban J connectivity index is 2.74. The Kier molecular flexibility index (Phi) is 3.15. The minimum absolute atomic E-state index is 0.0904. The smallest absolute Gasteiger partial charge is 0.233 e. The number of aromatic nitrogens is 1. The van der Waals surface area contributed by atoms with Crippen molar-refractivity contribution in [3.05, 3.63) is 12.0 Å². The highest BCUT2D eigenvalue weighted by atomic mass is 32.2. The van der Waals surface area contributed by atoms with Crippen molar-refractivity contribution in [1.82, 2.24) is 5.16 Å². The molecule has 0 aromatic carbocycles. The SMILES string of the molecule is Cc1oncc1NS(=O)(=O)CC(C)C. The van der Waals surface area contributed by atoms with Crippen LogP contribution in [0.3, 0.4) is 0 Å². The average molecular weight is 218 g/mol. The molecule has 1 rings (SSSR count). The van der Waals surface area contributed by atoms with E-state index in [0.29, 0.717) is 11.4 Å². The van der Waals surface area contributed by atoms with Gasteiger partial charge in [0.1, 0.15) is 5.69 Å². The van der Waals surface area contributed by atoms with Gasteiger partial charge in [0.05, 0.1) is 11.9 Å². The van der Waals surface area contributed by atoms with E-state index in [1.54, 1.807) is 6.92 Å². The molecule has 1 heterocycles. The standard InChI is InChI=1S/C8H14N2O3S/c1-6(2)5-14(11,12)10-8-4-9-13-7(8)3/h4,6,10H,5H2,1-3H3. The van der Waals surface area contributed by atoms with Crippen molar-refractivity contribution in [3.63, 3.8) is 0 Å². The van der Waals surface area contributed by atoms with E-state index in [0.717, 1.165) is 0 Å². The number of aryl methyl sites for hydroxylation is 1. The topological polar surface area (TPSA) is 72.2 Å². The number of hydrogen-bond acceptors (Lipinski definition) is 4. The lowest BCUT2D eigenvalue weighted by Crippen LogP contribution is -2.20. The van der Waals surface area contributed by atoms with Crippen LogP contribution in [-0.2, 0) is 10.0 Å². The van der Waals surface area contributed by atoms with Crippen LogP contribution in [-0.4, -0.2) is 19.3 Å². The van der Waals surface area contributed by atoms with Crippen molar-refractivity contribution in [2.24, 2.45) is 5.92 Å². The second-order valence-corrected chi connectivity index (χ2v) is 5.34. The van der Waals surface area contributed by atoms with Gasteiger partial charge < -0.3 is 4.52 Å². The van der Waals surface area contributed by atoms with Crippen LogP contribution in [0.2, 0.25) is 0 Å². The molecule has 0 atom stereocenters. The summed E-state index contributed by atoms with van der Waals surface area (Å²) in [7, 11) is -3.28. The molecule has 6 heteroatoms. The fourth-order valence-corrected chi connectivity index (χ4v) is 2.54. The van der Waals surface area contributed by atoms with Crippen molar-refractivity contribution in [1.29, 1.82) is 0 Å². The van der Waals surface area contributed by atoms with Crippen LogP contribution in [0.1, 0.15) is 19.6 Å². The largest absolute Gasteiger partial charge is 0.359 e. The molecule has 80 valence electrons. The lowest BCUT2D eigenvalue weighted by molar-refractivity contribution is 0.398. The monoisotopic (exact) mass is 218 g/mol. The normalized spacial score (nSPS) is 12.0. The molecule has 0 aliphatic rings. The molecule has 0 fully saturated rings. The number of nitrogens with zero attached hydrogens (tertiary/aromatic N) is 1. The summed E-state index contributed by atoms with van der Waals surface area (Å²) < 4.78 is 30.1. The summed E-state index contributed by atoms with van der Waals surface area (Å²) in [5.74, 6) is 0.655. The predicted octanol–water partition coefficient (Wildman–Crippen LogP) is 1.38. The quantitative estimate of drug-likeness (QED) is 0.828. The van der Waals surface area contributed by atoms with Crippen LogP contribution >= 0.6 is 0 Å². The molecule has 0 bridgehead atoms. The Morgan fingerprint density at radius 1 is 1.57 bits per heavy atom. The highest BCUT2D eigenvalue weighted by molar-refractivity contribution is 7.92. The molecule has 1 N–H and O–H groups in total. The third-order valence-electron chi connectivity index (χ3n) is 1.57. The first-order chi connectivity index (χ1) is 6.41. The van der Waals surface area contributed by atoms with Crippen LogP contribution in [0.4, 0.5) is 5.69 Å². The molecular formula is C8H14N2O3S. The molecule has 0 spiro atoms. The van der Waals surface area contributed by atoms with Crippen LogP contribution in [0.5, 0.6) is 0 Å². The van der Waals surface area contributed by atoms with Gasteiger partial charge >= 0.3 is 0 Å². The highest BCUT2D eigenvalue weighted by Gasteiger charge is 2.15. The third-order valence-corrected chi connectivity index (χ3v) is 3.21. The van der Waals surface area contributed by atoms with Crippen molar-refractivity contribution < 1.29 is 12.9 Å². The van der Waals surface area contributed by atoms with E-state index in [2.05, 4.69) is 9.88 Å². The molecule has 5 nitrogen and oxygen atoms in total. The predicted molar refractivity (Wildman–Crippen MR) is 53.5 cm³/mol. The summed E-state index contributed by atoms with van der Waals surface area (Å²) in [4.78, 5) is 0. The van der Waals surface area contributed by atoms with Gasteiger partial charge in [0, 0.05) is 0 Å². The summed E-state index contributed by atoms with van der Waals surface area (Å²) in [6, 6.07) is 0. The van der Waals surface area contributed by atoms with Crippen molar-refractivity contribution in [2.45, 2.75) is 20.8 Å². The van der Waals surface area contributed by atoms with Gasteiger partial charge in [-0.25, -0.2) is 8.42 Å². The van der Waals surface area contributed by atoms with Gasteiger partial charge in [0.2, 0.25) is 10.0 Å². The molecule has 14 heavy (non-hydrogen) atoms. The average Bonchev–Trinajstić information content (AvgIpc) is 2.32. The summed E-state index contributed by atoms with van der Waals surface area (Å²) >= 11 is 0. The zero-order chi connectivity index (χ0) is 10.8. The summed E-state index contributed by atoms with van der Waals surface area (Å²) in [6.45, 7) is 5.35. The minimum Gasteiger partial charge on any atom is -0.359 e. The van der Waals surface area contributed by atoms with Gasteiger partial charge in [-0.05, 0) is 12.8 Å². The van der Waals surface area contributed by atoms with Crippen molar-refractivity contribution in [2.75, 3.05) is 10.5 Å². The Bertz CT molecular complexity index is 394. The first-order valence-electron chi connectivity index (χ1n) is 4.32. The minimum atomic E-state index is -3.28. The molecular weight excluding hydrogens is 204 g/mol. The van der Waals surface area contributed by atoms with E-state index in [9.17, 15) is 8.42 Å². The van der Waals surface area contributed by atoms with Gasteiger partial charge in [-0.15, -0.1) is 0 Å². The number of nitrogens with one attached hydrogen (secondary N) is 1. The summed E-state index contributed by atoms with van der Waals surface area (Å²) in [6.07, 6.45) is 1.35. The number of sulfonamides is 1. The molecule has 0 aliphatic heterocycles. The summed E-state index contributed by atoms with van der Waals surface area (Å²) in [5.41, 5.74) is 0.408. The number of anilines is 1. The van der Waals surface area contributed by atoms with Gasteiger partial charge in [-0.3, -0.25) is 4.72 Å². The molecule has 0 radical (unpaired) electrons. The lowest BCUT2D eigenvalue weighted by Gasteiger charge is -2.07. The van der Waals surface area contributed by atoms with Crippen molar-refractivity contribution in [3.8, 4) is 0 Å². The third kappa shape index (κ3) is 3.02. The molecule has 0 amide bonds. The molecule has 1 aromatic rings. The maximum Gasteiger partial charge on any atom is 0.233 e. The fourth-order valence-electron chi connectivity index (χ4n) is 1.04. The van der Waals surface area contributed by atoms with Gasteiger partial charge in [0.15, 0.2) is 5.76 Å². The second kappa shape index (κ2) is 4.00. The van der Waals surface area contributed by atoms with E-state index in [-0.39, 0.29) is 11.7 Å². The van der Waals surface area contributed by atoms with Crippen LogP contribution in [0.15, 0.2) is 10.7 Å². The van der Waals surface area contributed by atoms with Crippen molar-refractivity contribution >= 4 is 15.7 Å². The van der Waals surface area contributed by atoms with E-state index in [4.69, 9.17) is 4.52 Å². The van der Waals surface area contributed by atoms with E-state index in [1.165, 1.54) is 6.20 Å². The van der Waals surface area contributed by atoms with Crippen LogP contribution in [0, 0.1) is 12.8 Å². The maximum absolute atomic E-state index is 11.5. The zero-order valence-corrected chi connectivity index (χ0v) is 9.26. The van der Waals surface area contributed by atoms with E-state index in [1.807, 2.05) is 13.8 Å². The molecule has 0 saturated carbocycles. The fraction of sp³-hybridized carbons (Fsp3) is 0.625. The first-order valence-corrected chi connectivity index (χ1v) is 5.97. The van der Waals surface area contributed by atoms with Crippen LogP contribution in [0.25, 0.3) is 0 Å². The molecule has 1 aromatic heterocycles. The summed E-state index contributed by atoms with van der Waals surface area (Å²) in [5, 5.41) is 3.48. The molecule has 0 unspecified atom stereocenters. The first kappa shape index (κ1) is 11.0. The lowest BCUT2D eigenvalue weighted by atomic mass is 10.3. The van der Waals surface area contributed by atoms with Crippen LogP contribution < -0.4 is 4.72 Å². The Morgan fingerprint density at radius 3 is 2.64 bits per heavy atom. The second-order valence-electron chi connectivity index (χ2n) is 3.57. The van der Waals surface area contributed by atoms with E-state index >= 15 is 0 Å². The van der Waals surface area contributed by atoms with Gasteiger partial charge in [-0.2, -0.15) is 0 Å². The van der Waals surface area contributed by atoms with Gasteiger partial charge in [0.25, 0.3) is 0 Å². The number of hydrogen-bond donors (Lipinski definition) is 1. The number of rotatable bonds is 4. The van der Waals surface area contributed by atoms with Gasteiger partial charge in [-0.1, -0.05) is 19.0 Å². The Labute approximate surface area is 83.5 Å². The molecule has 0 aliphatic carbocycles. The van der Waals surface area contributed by atoms with E-state index < -0.39 is 10.0 Å². The zero-order valence-electron chi connectivity index (χ0n) is 8.44.